The maximum absolute atomic E-state index is 13.7. The van der Waals surface area contributed by atoms with Gasteiger partial charge >= 0.3 is 0 Å². The van der Waals surface area contributed by atoms with E-state index in [0.29, 0.717) is 24.7 Å². The molecule has 6 heteroatoms. The Morgan fingerprint density at radius 3 is 2.61 bits per heavy atom. The summed E-state index contributed by atoms with van der Waals surface area (Å²) in [5.74, 6) is 0.493. The molecule has 5 aromatic rings. The van der Waals surface area contributed by atoms with Crippen LogP contribution in [0.25, 0.3) is 21.8 Å². The molecule has 0 radical (unpaired) electrons. The topological polar surface area (TPSA) is 70.1 Å². The molecule has 7 rings (SSSR count). The van der Waals surface area contributed by atoms with Gasteiger partial charge in [-0.3, -0.25) is 14.2 Å². The first-order valence-corrected chi connectivity index (χ1v) is 13.4. The number of carbonyl (C=O) groups is 2. The summed E-state index contributed by atoms with van der Waals surface area (Å²) in [6.45, 7) is 1.22. The van der Waals surface area contributed by atoms with Crippen LogP contribution in [0.3, 0.4) is 0 Å². The fraction of sp³-hybridized carbons (Fsp3) is 0.250. The fourth-order valence-corrected chi connectivity index (χ4v) is 5.78. The average Bonchev–Trinajstić information content (AvgIpc) is 3.55. The van der Waals surface area contributed by atoms with Gasteiger partial charge in [-0.25, -0.2) is 0 Å². The molecule has 1 atom stereocenters. The molecule has 0 saturated heterocycles. The molecule has 190 valence electrons. The third-order valence-electron chi connectivity index (χ3n) is 7.94. The van der Waals surface area contributed by atoms with E-state index in [9.17, 15) is 9.59 Å². The molecule has 1 aliphatic heterocycles. The summed E-state index contributed by atoms with van der Waals surface area (Å²) >= 11 is 0. The molecule has 1 amide bonds. The Balaban J connectivity index is 1.14. The molecule has 1 fully saturated rings. The van der Waals surface area contributed by atoms with Crippen molar-refractivity contribution in [2.24, 2.45) is 0 Å². The van der Waals surface area contributed by atoms with Crippen molar-refractivity contribution in [1.29, 1.82) is 0 Å². The van der Waals surface area contributed by atoms with Gasteiger partial charge in [0.25, 0.3) is 11.8 Å². The number of rotatable bonds is 8. The minimum absolute atomic E-state index is 0.00844. The number of hydrogen-bond donors (Lipinski definition) is 2. The Hall–Kier alpha value is -4.16. The zero-order valence-electron chi connectivity index (χ0n) is 21.2. The van der Waals surface area contributed by atoms with Crippen molar-refractivity contribution in [3.05, 3.63) is 107 Å². The minimum Gasteiger partial charge on any atom is -0.361 e. The number of aromatic nitrogens is 2. The van der Waals surface area contributed by atoms with Gasteiger partial charge in [0.05, 0.1) is 5.52 Å². The van der Waals surface area contributed by atoms with Crippen molar-refractivity contribution in [1.82, 2.24) is 19.8 Å². The van der Waals surface area contributed by atoms with Crippen molar-refractivity contribution >= 4 is 33.6 Å². The lowest BCUT2D eigenvalue weighted by atomic mass is 10.0. The van der Waals surface area contributed by atoms with Crippen LogP contribution < -0.4 is 5.32 Å². The van der Waals surface area contributed by atoms with Crippen LogP contribution in [0.5, 0.6) is 0 Å². The Morgan fingerprint density at radius 2 is 1.76 bits per heavy atom. The average molecular weight is 503 g/mol. The largest absolute Gasteiger partial charge is 0.361 e. The second kappa shape index (κ2) is 9.30. The van der Waals surface area contributed by atoms with Gasteiger partial charge in [0.1, 0.15) is 12.2 Å². The maximum Gasteiger partial charge on any atom is 0.271 e. The quantitative estimate of drug-likeness (QED) is 0.295. The lowest BCUT2D eigenvalue weighted by Crippen LogP contribution is -2.50. The van der Waals surface area contributed by atoms with Crippen molar-refractivity contribution in [3.8, 4) is 0 Å². The zero-order chi connectivity index (χ0) is 25.6. The first-order valence-electron chi connectivity index (χ1n) is 13.4. The number of nitrogens with zero attached hydrogens (tertiary/aromatic N) is 2. The lowest BCUT2D eigenvalue weighted by Gasteiger charge is -2.31. The van der Waals surface area contributed by atoms with Gasteiger partial charge in [-0.15, -0.1) is 0 Å². The molecule has 2 aliphatic rings. The van der Waals surface area contributed by atoms with Crippen LogP contribution in [-0.4, -0.2) is 45.4 Å². The second-order valence-electron chi connectivity index (χ2n) is 10.7. The van der Waals surface area contributed by atoms with Crippen molar-refractivity contribution < 1.29 is 9.59 Å². The summed E-state index contributed by atoms with van der Waals surface area (Å²) in [6, 6.07) is 27.0. The number of hydrogen-bond acceptors (Lipinski definition) is 3. The van der Waals surface area contributed by atoms with E-state index in [0.717, 1.165) is 22.8 Å². The Bertz CT molecular complexity index is 1660. The summed E-state index contributed by atoms with van der Waals surface area (Å²) in [4.78, 5) is 32.0. The third kappa shape index (κ3) is 4.31. The van der Waals surface area contributed by atoms with E-state index in [2.05, 4.69) is 58.8 Å². The second-order valence-corrected chi connectivity index (χ2v) is 10.7. The van der Waals surface area contributed by atoms with E-state index in [-0.39, 0.29) is 24.4 Å². The van der Waals surface area contributed by atoms with Crippen LogP contribution in [0.15, 0.2) is 85.1 Å². The number of nitrogens with one attached hydrogen (secondary N) is 2. The standard InChI is InChI=1S/C32H30N4O2/c37-31-20-35(32(38)30-17-26-16-25(23-8-9-23)10-11-29(26)36(30)31)19-27(14-21-4-2-1-3-5-21)34-18-22-6-7-24-12-13-33-28(24)15-22/h1-7,10-13,15-17,23,27,33-34H,8-9,14,18-20H2/t27-/m0/s1. The van der Waals surface area contributed by atoms with Gasteiger partial charge in [-0.1, -0.05) is 48.5 Å². The van der Waals surface area contributed by atoms with Gasteiger partial charge in [0.2, 0.25) is 0 Å². The fourth-order valence-electron chi connectivity index (χ4n) is 5.78. The number of benzene rings is 3. The van der Waals surface area contributed by atoms with Crippen molar-refractivity contribution in [2.45, 2.75) is 37.8 Å². The molecule has 3 aromatic carbocycles. The summed E-state index contributed by atoms with van der Waals surface area (Å²) in [7, 11) is 0. The monoisotopic (exact) mass is 502 g/mol. The highest BCUT2D eigenvalue weighted by Gasteiger charge is 2.33. The molecule has 6 nitrogen and oxygen atoms in total. The molecular weight excluding hydrogens is 472 g/mol. The summed E-state index contributed by atoms with van der Waals surface area (Å²) < 4.78 is 1.62. The van der Waals surface area contributed by atoms with Crippen LogP contribution in [0.4, 0.5) is 0 Å². The molecule has 1 saturated carbocycles. The normalized spacial score (nSPS) is 16.4. The Kier molecular flexibility index (Phi) is 5.63. The van der Waals surface area contributed by atoms with Crippen molar-refractivity contribution in [3.63, 3.8) is 0 Å². The predicted octanol–water partition coefficient (Wildman–Crippen LogP) is 5.50. The summed E-state index contributed by atoms with van der Waals surface area (Å²) in [5.41, 5.74) is 6.09. The van der Waals surface area contributed by atoms with E-state index < -0.39 is 0 Å². The molecule has 0 bridgehead atoms. The third-order valence-corrected chi connectivity index (χ3v) is 7.94. The van der Waals surface area contributed by atoms with Gasteiger partial charge in [-0.05, 0) is 77.6 Å². The van der Waals surface area contributed by atoms with Crippen molar-refractivity contribution in [2.75, 3.05) is 13.1 Å². The Morgan fingerprint density at radius 1 is 0.895 bits per heavy atom. The molecular formula is C32H30N4O2. The van der Waals surface area contributed by atoms with Gasteiger partial charge in [-0.2, -0.15) is 0 Å². The van der Waals surface area contributed by atoms with E-state index >= 15 is 0 Å². The zero-order valence-corrected chi connectivity index (χ0v) is 21.2. The molecule has 1 aliphatic carbocycles. The smallest absolute Gasteiger partial charge is 0.271 e. The van der Waals surface area contributed by atoms with E-state index in [1.54, 1.807) is 9.47 Å². The van der Waals surface area contributed by atoms with E-state index in [1.807, 2.05) is 36.5 Å². The van der Waals surface area contributed by atoms with Crippen LogP contribution in [0.1, 0.15) is 50.7 Å². The number of aromatic amines is 1. The maximum atomic E-state index is 13.7. The highest BCUT2D eigenvalue weighted by atomic mass is 16.2. The van der Waals surface area contributed by atoms with Gasteiger partial charge < -0.3 is 15.2 Å². The van der Waals surface area contributed by atoms with Crippen LogP contribution in [0, 0.1) is 0 Å². The first kappa shape index (κ1) is 23.0. The highest BCUT2D eigenvalue weighted by molar-refractivity contribution is 6.09. The molecule has 0 unspecified atom stereocenters. The molecule has 2 aromatic heterocycles. The van der Waals surface area contributed by atoms with Crippen LogP contribution in [0.2, 0.25) is 0 Å². The molecule has 38 heavy (non-hydrogen) atoms. The number of H-pyrrole nitrogens is 1. The SMILES string of the molecule is O=C1c2cc3cc(C4CC4)ccc3n2C(=O)CN1C[C@H](Cc1ccccc1)NCc1ccc2cc[nH]c2c1. The number of amides is 1. The van der Waals surface area contributed by atoms with Gasteiger partial charge in [0, 0.05) is 36.2 Å². The summed E-state index contributed by atoms with van der Waals surface area (Å²) in [6.07, 6.45) is 5.15. The van der Waals surface area contributed by atoms with Crippen LogP contribution >= 0.6 is 0 Å². The highest BCUT2D eigenvalue weighted by Crippen LogP contribution is 2.41. The van der Waals surface area contributed by atoms with Gasteiger partial charge in [0.15, 0.2) is 0 Å². The Labute approximate surface area is 221 Å². The molecule has 0 spiro atoms. The predicted molar refractivity (Wildman–Crippen MR) is 150 cm³/mol. The lowest BCUT2D eigenvalue weighted by molar-refractivity contribution is 0.0608. The van der Waals surface area contributed by atoms with E-state index in [1.165, 1.54) is 34.9 Å². The molecule has 3 heterocycles. The minimum atomic E-state index is -0.0820. The number of carbonyl (C=O) groups excluding carboxylic acids is 2. The first-order chi connectivity index (χ1) is 18.6. The van der Waals surface area contributed by atoms with Crippen LogP contribution in [-0.2, 0) is 13.0 Å². The number of fused-ring (bicyclic) bond motifs is 4. The molecule has 2 N–H and O–H groups in total. The summed E-state index contributed by atoms with van der Waals surface area (Å²) in [5, 5.41) is 5.84. The van der Waals surface area contributed by atoms with E-state index in [4.69, 9.17) is 0 Å².